The summed E-state index contributed by atoms with van der Waals surface area (Å²) in [5.74, 6) is -1.58. The molecule has 0 aromatic carbocycles. The summed E-state index contributed by atoms with van der Waals surface area (Å²) in [7, 11) is 0. The first kappa shape index (κ1) is 23.2. The van der Waals surface area contributed by atoms with Gasteiger partial charge in [0.1, 0.15) is 17.0 Å². The van der Waals surface area contributed by atoms with E-state index >= 15 is 4.39 Å². The summed E-state index contributed by atoms with van der Waals surface area (Å²) >= 11 is 6.10. The predicted octanol–water partition coefficient (Wildman–Crippen LogP) is 1.23. The van der Waals surface area contributed by atoms with Crippen LogP contribution in [0.3, 0.4) is 0 Å². The third-order valence-electron chi connectivity index (χ3n) is 4.47. The van der Waals surface area contributed by atoms with Gasteiger partial charge in [-0.15, -0.1) is 11.6 Å². The number of esters is 1. The van der Waals surface area contributed by atoms with Gasteiger partial charge in [-0.25, -0.2) is 9.18 Å². The number of nitrogen functional groups attached to an aromatic ring is 1. The Hall–Kier alpha value is -2.04. The van der Waals surface area contributed by atoms with E-state index < -0.39 is 47.3 Å². The maximum atomic E-state index is 15.4. The lowest BCUT2D eigenvalue weighted by Gasteiger charge is -2.34. The number of carbonyl (C=O) groups excluding carboxylic acids is 2. The van der Waals surface area contributed by atoms with Gasteiger partial charge in [0.05, 0.1) is 18.4 Å². The van der Waals surface area contributed by atoms with Crippen LogP contribution in [-0.4, -0.2) is 57.8 Å². The molecule has 1 aliphatic heterocycles. The summed E-state index contributed by atoms with van der Waals surface area (Å²) in [6.07, 6.45) is -3.13. The number of rotatable bonds is 8. The third kappa shape index (κ3) is 4.93. The number of aldehydes is 1. The van der Waals surface area contributed by atoms with Crippen LogP contribution in [0.25, 0.3) is 0 Å². The van der Waals surface area contributed by atoms with Crippen molar-refractivity contribution in [1.82, 2.24) is 9.55 Å². The van der Waals surface area contributed by atoms with E-state index in [9.17, 15) is 14.4 Å². The number of halogens is 2. The topological polar surface area (TPSA) is 123 Å². The lowest BCUT2D eigenvalue weighted by atomic mass is 9.97. The Bertz CT molecular complexity index is 817. The summed E-state index contributed by atoms with van der Waals surface area (Å²) in [6.45, 7) is 5.83. The van der Waals surface area contributed by atoms with Crippen LogP contribution in [0.15, 0.2) is 17.1 Å². The van der Waals surface area contributed by atoms with Gasteiger partial charge >= 0.3 is 11.7 Å². The Morgan fingerprint density at radius 3 is 2.72 bits per heavy atom. The second-order valence-corrected chi connectivity index (χ2v) is 7.98. The van der Waals surface area contributed by atoms with E-state index in [1.165, 1.54) is 26.1 Å². The lowest BCUT2D eigenvalue weighted by Crippen LogP contribution is -2.52. The molecule has 2 rings (SSSR count). The molecule has 0 amide bonds. The van der Waals surface area contributed by atoms with E-state index in [1.54, 1.807) is 13.8 Å². The Morgan fingerprint density at radius 1 is 1.55 bits per heavy atom. The van der Waals surface area contributed by atoms with Crippen molar-refractivity contribution in [1.29, 1.82) is 0 Å². The molecule has 162 valence electrons. The highest BCUT2D eigenvalue weighted by Crippen LogP contribution is 2.42. The van der Waals surface area contributed by atoms with Crippen LogP contribution < -0.4 is 11.4 Å². The molecule has 1 saturated heterocycles. The van der Waals surface area contributed by atoms with Crippen molar-refractivity contribution in [3.63, 3.8) is 0 Å². The van der Waals surface area contributed by atoms with Crippen molar-refractivity contribution in [2.45, 2.75) is 57.4 Å². The molecule has 1 aliphatic rings. The van der Waals surface area contributed by atoms with Crippen LogP contribution in [0.5, 0.6) is 0 Å². The largest absolute Gasteiger partial charge is 0.456 e. The Morgan fingerprint density at radius 2 is 2.21 bits per heavy atom. The van der Waals surface area contributed by atoms with Crippen LogP contribution in [0.1, 0.15) is 33.9 Å². The minimum Gasteiger partial charge on any atom is -0.456 e. The van der Waals surface area contributed by atoms with E-state index in [0.29, 0.717) is 6.29 Å². The van der Waals surface area contributed by atoms with Crippen molar-refractivity contribution in [2.24, 2.45) is 5.92 Å². The van der Waals surface area contributed by atoms with Gasteiger partial charge in [-0.05, 0) is 19.9 Å². The Labute approximate surface area is 172 Å². The molecule has 0 bridgehead atoms. The summed E-state index contributed by atoms with van der Waals surface area (Å²) in [5.41, 5.74) is 1.78. The van der Waals surface area contributed by atoms with E-state index in [2.05, 4.69) is 4.98 Å². The number of nitrogens with two attached hydrogens (primary N) is 1. The van der Waals surface area contributed by atoms with E-state index in [-0.39, 0.29) is 18.3 Å². The quantitative estimate of drug-likeness (QED) is 0.369. The van der Waals surface area contributed by atoms with Gasteiger partial charge in [0.2, 0.25) is 0 Å². The van der Waals surface area contributed by atoms with Crippen molar-refractivity contribution < 1.29 is 28.2 Å². The van der Waals surface area contributed by atoms with Gasteiger partial charge in [-0.1, -0.05) is 13.8 Å². The molecule has 11 heteroatoms. The first-order valence-corrected chi connectivity index (χ1v) is 9.53. The fraction of sp³-hybridized carbons (Fsp3) is 0.667. The molecule has 29 heavy (non-hydrogen) atoms. The fourth-order valence-corrected chi connectivity index (χ4v) is 2.97. The smallest absolute Gasteiger partial charge is 0.351 e. The summed E-state index contributed by atoms with van der Waals surface area (Å²) in [5, 5.41) is 0. The number of hydrogen-bond acceptors (Lipinski definition) is 8. The highest BCUT2D eigenvalue weighted by atomic mass is 35.5. The number of anilines is 1. The minimum absolute atomic E-state index is 0.0397. The highest BCUT2D eigenvalue weighted by molar-refractivity contribution is 6.18. The molecule has 9 nitrogen and oxygen atoms in total. The number of hydrogen-bond donors (Lipinski definition) is 1. The zero-order chi connectivity index (χ0) is 22.0. The maximum absolute atomic E-state index is 15.4. The average molecular weight is 434 g/mol. The van der Waals surface area contributed by atoms with Gasteiger partial charge in [-0.3, -0.25) is 9.36 Å². The monoisotopic (exact) mass is 433 g/mol. The van der Waals surface area contributed by atoms with Gasteiger partial charge in [0, 0.05) is 6.20 Å². The van der Waals surface area contributed by atoms with Crippen LogP contribution in [-0.2, 0) is 23.8 Å². The van der Waals surface area contributed by atoms with Crippen molar-refractivity contribution in [2.75, 3.05) is 18.2 Å². The summed E-state index contributed by atoms with van der Waals surface area (Å²) < 4.78 is 33.0. The number of ether oxygens (including phenoxy) is 3. The highest BCUT2D eigenvalue weighted by Gasteiger charge is 2.59. The van der Waals surface area contributed by atoms with Gasteiger partial charge in [-0.2, -0.15) is 4.98 Å². The van der Waals surface area contributed by atoms with Crippen molar-refractivity contribution in [3.8, 4) is 0 Å². The molecule has 2 N–H and O–H groups in total. The first-order chi connectivity index (χ1) is 13.5. The second kappa shape index (κ2) is 8.76. The van der Waals surface area contributed by atoms with Gasteiger partial charge < -0.3 is 24.7 Å². The van der Waals surface area contributed by atoms with E-state index in [1.807, 2.05) is 0 Å². The Kier molecular flexibility index (Phi) is 7.02. The van der Waals surface area contributed by atoms with Crippen LogP contribution in [0.2, 0.25) is 0 Å². The summed E-state index contributed by atoms with van der Waals surface area (Å²) in [4.78, 5) is 39.1. The normalized spacial score (nSPS) is 27.2. The Balaban J connectivity index is 2.44. The molecule has 0 radical (unpaired) electrons. The molecule has 0 saturated carbocycles. The first-order valence-electron chi connectivity index (χ1n) is 8.99. The molecule has 4 unspecified atom stereocenters. The zero-order valence-corrected chi connectivity index (χ0v) is 17.4. The molecule has 0 aliphatic carbocycles. The molecule has 0 spiro atoms. The number of nitrogens with zero attached hydrogens (tertiary/aromatic N) is 2. The number of alkyl halides is 2. The number of aromatic nitrogens is 2. The van der Waals surface area contributed by atoms with Crippen LogP contribution in [0.4, 0.5) is 10.2 Å². The number of carbonyl (C=O) groups is 2. The SMILES string of the molecule is CC(C)C(=O)OC1C(F)C(n2ccc(N)nc2=O)OC1(CCl)COC(C)(C)C=O. The molecule has 2 heterocycles. The lowest BCUT2D eigenvalue weighted by molar-refractivity contribution is -0.180. The molecule has 1 aromatic rings. The van der Waals surface area contributed by atoms with Crippen LogP contribution >= 0.6 is 11.6 Å². The average Bonchev–Trinajstić information content (AvgIpc) is 2.93. The maximum Gasteiger partial charge on any atom is 0.351 e. The standard InChI is InChI=1S/C18H25ClFN3O6/c1-10(2)15(25)28-13-12(20)14(23-6-5-11(21)22-16(23)26)29-18(13,7-19)9-27-17(3,4)8-24/h5-6,8,10,12-14H,7,9H2,1-4H3,(H2,21,22,26). The van der Waals surface area contributed by atoms with Gasteiger partial charge in [0.15, 0.2) is 24.8 Å². The molecule has 1 fully saturated rings. The molecule has 4 atom stereocenters. The minimum atomic E-state index is -1.96. The predicted molar refractivity (Wildman–Crippen MR) is 102 cm³/mol. The van der Waals surface area contributed by atoms with Crippen molar-refractivity contribution in [3.05, 3.63) is 22.7 Å². The van der Waals surface area contributed by atoms with Crippen LogP contribution in [0, 0.1) is 5.92 Å². The molecular weight excluding hydrogens is 409 g/mol. The van der Waals surface area contributed by atoms with Crippen molar-refractivity contribution >= 4 is 29.7 Å². The van der Waals surface area contributed by atoms with Gasteiger partial charge in [0.25, 0.3) is 0 Å². The molecular formula is C18H25ClFN3O6. The van der Waals surface area contributed by atoms with E-state index in [0.717, 1.165) is 4.57 Å². The van der Waals surface area contributed by atoms with E-state index in [4.69, 9.17) is 31.5 Å². The fourth-order valence-electron chi connectivity index (χ4n) is 2.68. The molecule has 1 aromatic heterocycles. The summed E-state index contributed by atoms with van der Waals surface area (Å²) in [6, 6.07) is 1.30. The third-order valence-corrected chi connectivity index (χ3v) is 4.93. The zero-order valence-electron chi connectivity index (χ0n) is 16.6. The second-order valence-electron chi connectivity index (χ2n) is 7.72.